The van der Waals surface area contributed by atoms with Crippen molar-refractivity contribution in [2.24, 2.45) is 0 Å². The van der Waals surface area contributed by atoms with Crippen LogP contribution in [-0.4, -0.2) is 36.4 Å². The Labute approximate surface area is 207 Å². The number of aromatic amines is 2. The molecular weight excluding hydrogens is 452 g/mol. The van der Waals surface area contributed by atoms with E-state index in [4.69, 9.17) is 4.74 Å². The Kier molecular flexibility index (Phi) is 7.22. The molecule has 4 rings (SSSR count). The lowest BCUT2D eigenvalue weighted by molar-refractivity contribution is 0.0525. The first kappa shape index (κ1) is 24.5. The first-order valence-electron chi connectivity index (χ1n) is 11.9. The average molecular weight is 485 g/mol. The normalized spacial score (nSPS) is 12.3. The van der Waals surface area contributed by atoms with Crippen LogP contribution in [0.3, 0.4) is 0 Å². The molecule has 0 aliphatic heterocycles. The van der Waals surface area contributed by atoms with Crippen LogP contribution < -0.4 is 0 Å². The Balaban J connectivity index is 1.56. The van der Waals surface area contributed by atoms with Crippen LogP contribution in [0.5, 0.6) is 0 Å². The minimum atomic E-state index is -1.26. The molecule has 35 heavy (non-hydrogen) atoms. The number of esters is 1. The quantitative estimate of drug-likeness (QED) is 0.161. The maximum absolute atomic E-state index is 13.0. The van der Waals surface area contributed by atoms with E-state index in [1.807, 2.05) is 85.9 Å². The van der Waals surface area contributed by atoms with Crippen molar-refractivity contribution in [3.8, 4) is 0 Å². The monoisotopic (exact) mass is 484 g/mol. The molecule has 1 unspecified atom stereocenters. The molecule has 2 N–H and O–H groups in total. The standard InChI is InChI=1S/C29H32N2O3Si/c1-20-7-9-22(10-8-20)28(32)26-16-15-25(31-26)27(24-6-5-17-30-24)21-11-13-23(14-12-21)29(33)34-18-19-35(2,3)4/h5-17,27,30-31H,18-19H2,1-4H3. The summed E-state index contributed by atoms with van der Waals surface area (Å²) in [6, 6.07) is 23.8. The Bertz CT molecular complexity index is 1280. The van der Waals surface area contributed by atoms with E-state index < -0.39 is 8.07 Å². The predicted molar refractivity (Wildman–Crippen MR) is 142 cm³/mol. The number of hydrogen-bond donors (Lipinski definition) is 2. The number of benzene rings is 2. The molecule has 0 spiro atoms. The van der Waals surface area contributed by atoms with E-state index in [1.54, 1.807) is 0 Å². The van der Waals surface area contributed by atoms with Crippen LogP contribution in [0.4, 0.5) is 0 Å². The van der Waals surface area contributed by atoms with Gasteiger partial charge >= 0.3 is 5.97 Å². The molecule has 5 nitrogen and oxygen atoms in total. The van der Waals surface area contributed by atoms with Crippen LogP contribution in [0, 0.1) is 6.92 Å². The Hall–Kier alpha value is -3.64. The second-order valence-corrected chi connectivity index (χ2v) is 15.8. The third kappa shape index (κ3) is 6.08. The third-order valence-corrected chi connectivity index (χ3v) is 7.78. The number of carbonyl (C=O) groups is 2. The van der Waals surface area contributed by atoms with Gasteiger partial charge in [-0.2, -0.15) is 0 Å². The summed E-state index contributed by atoms with van der Waals surface area (Å²) in [5.74, 6) is -0.475. The van der Waals surface area contributed by atoms with Crippen LogP contribution in [-0.2, 0) is 4.74 Å². The van der Waals surface area contributed by atoms with Gasteiger partial charge < -0.3 is 14.7 Å². The van der Waals surface area contributed by atoms with Gasteiger partial charge in [-0.05, 0) is 54.9 Å². The molecule has 0 radical (unpaired) electrons. The fourth-order valence-corrected chi connectivity index (χ4v) is 4.68. The van der Waals surface area contributed by atoms with Crippen LogP contribution in [0.15, 0.2) is 79.0 Å². The maximum atomic E-state index is 13.0. The van der Waals surface area contributed by atoms with E-state index in [-0.39, 0.29) is 17.7 Å². The van der Waals surface area contributed by atoms with E-state index in [0.29, 0.717) is 23.4 Å². The van der Waals surface area contributed by atoms with Crippen LogP contribution in [0.1, 0.15) is 54.8 Å². The number of aryl methyl sites for hydroxylation is 1. The zero-order valence-corrected chi connectivity index (χ0v) is 21.7. The minimum Gasteiger partial charge on any atom is -0.462 e. The molecule has 0 amide bonds. The van der Waals surface area contributed by atoms with Gasteiger partial charge in [0, 0.05) is 31.2 Å². The first-order chi connectivity index (χ1) is 16.7. The van der Waals surface area contributed by atoms with Crippen molar-refractivity contribution in [2.75, 3.05) is 6.61 Å². The molecule has 2 aromatic heterocycles. The van der Waals surface area contributed by atoms with E-state index in [9.17, 15) is 9.59 Å². The van der Waals surface area contributed by atoms with E-state index in [1.165, 1.54) is 0 Å². The smallest absolute Gasteiger partial charge is 0.338 e. The molecule has 0 aliphatic carbocycles. The van der Waals surface area contributed by atoms with Gasteiger partial charge in [-0.25, -0.2) is 4.79 Å². The molecule has 0 saturated heterocycles. The van der Waals surface area contributed by atoms with Crippen LogP contribution >= 0.6 is 0 Å². The molecule has 0 fully saturated rings. The summed E-state index contributed by atoms with van der Waals surface area (Å²) in [6.07, 6.45) is 1.88. The highest BCUT2D eigenvalue weighted by Crippen LogP contribution is 2.31. The third-order valence-electron chi connectivity index (χ3n) is 6.08. The summed E-state index contributed by atoms with van der Waals surface area (Å²) in [5, 5.41) is 0. The Morgan fingerprint density at radius 3 is 2.17 bits per heavy atom. The number of H-pyrrole nitrogens is 2. The van der Waals surface area contributed by atoms with Gasteiger partial charge in [0.15, 0.2) is 0 Å². The SMILES string of the molecule is Cc1ccc(C(=O)c2ccc(C(c3ccc(C(=O)OCC[Si](C)(C)C)cc3)c3ccc[nH]3)[nH]2)cc1. The molecule has 6 heteroatoms. The lowest BCUT2D eigenvalue weighted by atomic mass is 9.92. The summed E-state index contributed by atoms with van der Waals surface area (Å²) in [6.45, 7) is 9.24. The second kappa shape index (κ2) is 10.3. The zero-order valence-electron chi connectivity index (χ0n) is 20.7. The number of aromatic nitrogens is 2. The van der Waals surface area contributed by atoms with Gasteiger partial charge in [-0.15, -0.1) is 0 Å². The van der Waals surface area contributed by atoms with E-state index in [2.05, 4.69) is 29.6 Å². The predicted octanol–water partition coefficient (Wildman–Crippen LogP) is 6.56. The summed E-state index contributed by atoms with van der Waals surface area (Å²) in [7, 11) is -1.26. The molecule has 4 aromatic rings. The molecule has 180 valence electrons. The number of ketones is 1. The van der Waals surface area contributed by atoms with E-state index in [0.717, 1.165) is 28.6 Å². The fourth-order valence-electron chi connectivity index (χ4n) is 3.97. The molecule has 0 saturated carbocycles. The van der Waals surface area contributed by atoms with Crippen molar-refractivity contribution in [3.05, 3.63) is 118 Å². The van der Waals surface area contributed by atoms with Crippen molar-refractivity contribution in [1.82, 2.24) is 9.97 Å². The van der Waals surface area contributed by atoms with Gasteiger partial charge in [0.1, 0.15) is 0 Å². The van der Waals surface area contributed by atoms with Gasteiger partial charge in [0.25, 0.3) is 0 Å². The second-order valence-electron chi connectivity index (χ2n) is 10.1. The van der Waals surface area contributed by atoms with Crippen molar-refractivity contribution in [1.29, 1.82) is 0 Å². The largest absolute Gasteiger partial charge is 0.462 e. The molecule has 0 bridgehead atoms. The van der Waals surface area contributed by atoms with Gasteiger partial charge in [-0.3, -0.25) is 4.79 Å². The summed E-state index contributed by atoms with van der Waals surface area (Å²) in [4.78, 5) is 32.1. The Morgan fingerprint density at radius 1 is 0.857 bits per heavy atom. The lowest BCUT2D eigenvalue weighted by Gasteiger charge is -2.17. The fraction of sp³-hybridized carbons (Fsp3) is 0.241. The number of carbonyl (C=O) groups excluding carboxylic acids is 2. The van der Waals surface area contributed by atoms with Gasteiger partial charge in [0.05, 0.1) is 23.8 Å². The zero-order chi connectivity index (χ0) is 25.0. The van der Waals surface area contributed by atoms with Crippen molar-refractivity contribution in [3.63, 3.8) is 0 Å². The topological polar surface area (TPSA) is 75.0 Å². The van der Waals surface area contributed by atoms with Gasteiger partial charge in [-0.1, -0.05) is 61.6 Å². The van der Waals surface area contributed by atoms with Crippen molar-refractivity contribution in [2.45, 2.75) is 38.5 Å². The minimum absolute atomic E-state index is 0.0436. The molecule has 2 aromatic carbocycles. The molecular formula is C29H32N2O3Si. The number of rotatable bonds is 9. The number of nitrogens with one attached hydrogen (secondary N) is 2. The summed E-state index contributed by atoms with van der Waals surface area (Å²) in [5.41, 5.74) is 5.74. The summed E-state index contributed by atoms with van der Waals surface area (Å²) < 4.78 is 5.49. The number of ether oxygens (including phenoxy) is 1. The van der Waals surface area contributed by atoms with Crippen molar-refractivity contribution < 1.29 is 14.3 Å². The maximum Gasteiger partial charge on any atom is 0.338 e. The van der Waals surface area contributed by atoms with Crippen molar-refractivity contribution >= 4 is 19.8 Å². The number of hydrogen-bond acceptors (Lipinski definition) is 3. The molecule has 0 aliphatic rings. The van der Waals surface area contributed by atoms with Gasteiger partial charge in [0.2, 0.25) is 5.78 Å². The average Bonchev–Trinajstić information content (AvgIpc) is 3.52. The van der Waals surface area contributed by atoms with Crippen LogP contribution in [0.2, 0.25) is 25.7 Å². The molecule has 2 heterocycles. The highest BCUT2D eigenvalue weighted by Gasteiger charge is 2.22. The highest BCUT2D eigenvalue weighted by molar-refractivity contribution is 6.76. The first-order valence-corrected chi connectivity index (χ1v) is 15.6. The highest BCUT2D eigenvalue weighted by atomic mass is 28.3. The van der Waals surface area contributed by atoms with Crippen LogP contribution in [0.25, 0.3) is 0 Å². The summed E-state index contributed by atoms with van der Waals surface area (Å²) >= 11 is 0. The lowest BCUT2D eigenvalue weighted by Crippen LogP contribution is -2.22. The molecule has 1 atom stereocenters. The van der Waals surface area contributed by atoms with E-state index >= 15 is 0 Å². The Morgan fingerprint density at radius 2 is 1.54 bits per heavy atom.